The lowest BCUT2D eigenvalue weighted by Crippen LogP contribution is -1.93. The first-order valence-electron chi connectivity index (χ1n) is 3.47. The molecule has 0 saturated heterocycles. The molecule has 0 unspecified atom stereocenters. The van der Waals surface area contributed by atoms with Crippen LogP contribution in [0.1, 0.15) is 29.3 Å². The Kier molecular flexibility index (Phi) is 1.20. The average Bonchev–Trinajstić information content (AvgIpc) is 2.61. The Morgan fingerprint density at radius 3 is 2.70 bits per heavy atom. The first-order valence-corrected chi connectivity index (χ1v) is 4.28. The maximum Gasteiger partial charge on any atom is 0.304 e. The molecular formula is C7H9NOS. The van der Waals surface area contributed by atoms with Gasteiger partial charge in [-0.25, -0.2) is 0 Å². The minimum atomic E-state index is 0.0967. The summed E-state index contributed by atoms with van der Waals surface area (Å²) in [4.78, 5) is 14.9. The number of hydrogen-bond donors (Lipinski definition) is 1. The summed E-state index contributed by atoms with van der Waals surface area (Å²) in [5, 5.41) is 0. The van der Waals surface area contributed by atoms with Crippen molar-refractivity contribution in [2.24, 2.45) is 0 Å². The third-order valence-electron chi connectivity index (χ3n) is 1.85. The lowest BCUT2D eigenvalue weighted by Gasteiger charge is -1.89. The van der Waals surface area contributed by atoms with Crippen LogP contribution in [0.25, 0.3) is 0 Å². The van der Waals surface area contributed by atoms with Crippen LogP contribution in [0.2, 0.25) is 0 Å². The van der Waals surface area contributed by atoms with E-state index >= 15 is 0 Å². The van der Waals surface area contributed by atoms with Crippen LogP contribution in [0.15, 0.2) is 4.79 Å². The predicted octanol–water partition coefficient (Wildman–Crippen LogP) is 1.62. The van der Waals surface area contributed by atoms with Gasteiger partial charge >= 0.3 is 4.87 Å². The lowest BCUT2D eigenvalue weighted by molar-refractivity contribution is 1.02. The Morgan fingerprint density at radius 2 is 2.30 bits per heavy atom. The minimum absolute atomic E-state index is 0.0967. The molecule has 2 nitrogen and oxygen atoms in total. The number of aromatic amines is 1. The highest BCUT2D eigenvalue weighted by molar-refractivity contribution is 7.09. The van der Waals surface area contributed by atoms with E-state index in [-0.39, 0.29) is 4.87 Å². The van der Waals surface area contributed by atoms with Crippen LogP contribution in [-0.4, -0.2) is 4.98 Å². The fourth-order valence-electron chi connectivity index (χ4n) is 1.18. The first kappa shape index (κ1) is 6.16. The highest BCUT2D eigenvalue weighted by Gasteiger charge is 2.26. The van der Waals surface area contributed by atoms with Crippen LogP contribution in [0.5, 0.6) is 0 Å². The van der Waals surface area contributed by atoms with E-state index in [0.717, 1.165) is 0 Å². The van der Waals surface area contributed by atoms with Gasteiger partial charge in [0.1, 0.15) is 0 Å². The van der Waals surface area contributed by atoms with Crippen LogP contribution in [0.3, 0.4) is 0 Å². The van der Waals surface area contributed by atoms with Crippen LogP contribution < -0.4 is 4.87 Å². The summed E-state index contributed by atoms with van der Waals surface area (Å²) in [6, 6.07) is 0. The minimum Gasteiger partial charge on any atom is -0.316 e. The second-order valence-electron chi connectivity index (χ2n) is 2.76. The molecule has 1 aromatic heterocycles. The van der Waals surface area contributed by atoms with Crippen LogP contribution in [0.4, 0.5) is 0 Å². The molecule has 1 fully saturated rings. The van der Waals surface area contributed by atoms with Crippen molar-refractivity contribution in [3.63, 3.8) is 0 Å². The van der Waals surface area contributed by atoms with Crippen LogP contribution in [-0.2, 0) is 0 Å². The molecule has 0 radical (unpaired) electrons. The van der Waals surface area contributed by atoms with Gasteiger partial charge < -0.3 is 4.98 Å². The van der Waals surface area contributed by atoms with Crippen molar-refractivity contribution in [3.05, 3.63) is 20.2 Å². The van der Waals surface area contributed by atoms with Crippen LogP contribution in [0, 0.1) is 6.92 Å². The van der Waals surface area contributed by atoms with Gasteiger partial charge in [0.15, 0.2) is 0 Å². The third-order valence-corrected chi connectivity index (χ3v) is 2.66. The first-order chi connectivity index (χ1) is 4.77. The lowest BCUT2D eigenvalue weighted by atomic mass is 10.3. The number of thiazole rings is 1. The standard InChI is InChI=1S/C7H9NOS/c1-4-6(5-2-3-5)8-7(9)10-4/h5H,2-3H2,1H3,(H,8,9). The number of hydrogen-bond acceptors (Lipinski definition) is 2. The van der Waals surface area contributed by atoms with E-state index in [1.807, 2.05) is 6.92 Å². The molecule has 0 spiro atoms. The highest BCUT2D eigenvalue weighted by Crippen LogP contribution is 2.40. The van der Waals surface area contributed by atoms with E-state index in [9.17, 15) is 4.79 Å². The maximum absolute atomic E-state index is 10.8. The molecule has 54 valence electrons. The summed E-state index contributed by atoms with van der Waals surface area (Å²) in [5.74, 6) is 0.680. The number of nitrogens with one attached hydrogen (secondary N) is 1. The summed E-state index contributed by atoms with van der Waals surface area (Å²) in [7, 11) is 0. The van der Waals surface area contributed by atoms with E-state index in [2.05, 4.69) is 4.98 Å². The molecule has 0 aliphatic heterocycles. The largest absolute Gasteiger partial charge is 0.316 e. The summed E-state index contributed by atoms with van der Waals surface area (Å²) >= 11 is 1.33. The van der Waals surface area contributed by atoms with Crippen molar-refractivity contribution in [3.8, 4) is 0 Å². The van der Waals surface area contributed by atoms with Crippen molar-refractivity contribution in [2.45, 2.75) is 25.7 Å². The molecule has 0 bridgehead atoms. The molecule has 0 amide bonds. The topological polar surface area (TPSA) is 32.9 Å². The fourth-order valence-corrected chi connectivity index (χ4v) is 1.95. The molecule has 0 atom stereocenters. The van der Waals surface area contributed by atoms with Gasteiger partial charge in [-0.05, 0) is 19.8 Å². The van der Waals surface area contributed by atoms with Crippen molar-refractivity contribution in [2.75, 3.05) is 0 Å². The quantitative estimate of drug-likeness (QED) is 0.656. The van der Waals surface area contributed by atoms with E-state index in [1.165, 1.54) is 34.7 Å². The van der Waals surface area contributed by atoms with Crippen molar-refractivity contribution >= 4 is 11.3 Å². The van der Waals surface area contributed by atoms with E-state index in [1.54, 1.807) is 0 Å². The molecule has 1 aromatic rings. The average molecular weight is 155 g/mol. The van der Waals surface area contributed by atoms with E-state index < -0.39 is 0 Å². The summed E-state index contributed by atoms with van der Waals surface area (Å²) < 4.78 is 0. The van der Waals surface area contributed by atoms with E-state index in [0.29, 0.717) is 5.92 Å². The second-order valence-corrected chi connectivity index (χ2v) is 3.95. The molecule has 1 N–H and O–H groups in total. The Balaban J connectivity index is 2.47. The Bertz CT molecular complexity index is 295. The van der Waals surface area contributed by atoms with Crippen molar-refractivity contribution in [1.29, 1.82) is 0 Å². The number of H-pyrrole nitrogens is 1. The zero-order valence-corrected chi connectivity index (χ0v) is 6.62. The maximum atomic E-state index is 10.8. The predicted molar refractivity (Wildman–Crippen MR) is 41.7 cm³/mol. The third kappa shape index (κ3) is 0.904. The van der Waals surface area contributed by atoms with E-state index in [4.69, 9.17) is 0 Å². The summed E-state index contributed by atoms with van der Waals surface area (Å²) in [6.07, 6.45) is 2.51. The molecule has 2 rings (SSSR count). The van der Waals surface area contributed by atoms with Gasteiger partial charge in [-0.15, -0.1) is 0 Å². The summed E-state index contributed by atoms with van der Waals surface area (Å²) in [5.41, 5.74) is 1.19. The van der Waals surface area contributed by atoms with Gasteiger partial charge in [-0.3, -0.25) is 4.79 Å². The zero-order chi connectivity index (χ0) is 7.14. The number of aromatic nitrogens is 1. The number of aryl methyl sites for hydroxylation is 1. The number of rotatable bonds is 1. The van der Waals surface area contributed by atoms with Crippen molar-refractivity contribution < 1.29 is 0 Å². The fraction of sp³-hybridized carbons (Fsp3) is 0.571. The molecule has 3 heteroatoms. The second kappa shape index (κ2) is 1.95. The molecule has 1 saturated carbocycles. The molecular weight excluding hydrogens is 146 g/mol. The SMILES string of the molecule is Cc1sc(=O)[nH]c1C1CC1. The Hall–Kier alpha value is -0.570. The van der Waals surface area contributed by atoms with Gasteiger partial charge in [0.2, 0.25) is 0 Å². The van der Waals surface area contributed by atoms with Gasteiger partial charge in [0.25, 0.3) is 0 Å². The highest BCUT2D eigenvalue weighted by atomic mass is 32.1. The smallest absolute Gasteiger partial charge is 0.304 e. The molecule has 1 heterocycles. The Labute approximate surface area is 62.9 Å². The molecule has 0 aromatic carbocycles. The van der Waals surface area contributed by atoms with Gasteiger partial charge in [-0.2, -0.15) is 0 Å². The molecule has 1 aliphatic rings. The zero-order valence-electron chi connectivity index (χ0n) is 5.81. The van der Waals surface area contributed by atoms with Crippen LogP contribution >= 0.6 is 11.3 Å². The van der Waals surface area contributed by atoms with Crippen molar-refractivity contribution in [1.82, 2.24) is 4.98 Å². The Morgan fingerprint density at radius 1 is 1.60 bits per heavy atom. The van der Waals surface area contributed by atoms with Gasteiger partial charge in [-0.1, -0.05) is 11.3 Å². The summed E-state index contributed by atoms with van der Waals surface area (Å²) in [6.45, 7) is 2.01. The molecule has 1 aliphatic carbocycles. The van der Waals surface area contributed by atoms with Gasteiger partial charge in [0, 0.05) is 16.5 Å². The monoisotopic (exact) mass is 155 g/mol. The molecule has 10 heavy (non-hydrogen) atoms. The van der Waals surface area contributed by atoms with Gasteiger partial charge in [0.05, 0.1) is 0 Å². The normalized spacial score (nSPS) is 17.7.